The lowest BCUT2D eigenvalue weighted by Crippen LogP contribution is -2.47. The second-order valence-corrected chi connectivity index (χ2v) is 10.9. The molecule has 1 aliphatic heterocycles. The van der Waals surface area contributed by atoms with Crippen molar-refractivity contribution >= 4 is 33.4 Å². The molecule has 36 heavy (non-hydrogen) atoms. The average Bonchev–Trinajstić information content (AvgIpc) is 2.81. The molecule has 1 fully saturated rings. The lowest BCUT2D eigenvalue weighted by atomic mass is 9.80. The van der Waals surface area contributed by atoms with E-state index >= 15 is 0 Å². The fraction of sp³-hybridized carbons (Fsp3) is 0.462. The number of cyclic esters (lactones) is 1. The fourth-order valence-electron chi connectivity index (χ4n) is 4.68. The lowest BCUT2D eigenvalue weighted by molar-refractivity contribution is -0.179. The number of nitrogens with two attached hydrogens (primary N) is 1. The molecule has 2 heterocycles. The number of primary amides is 1. The van der Waals surface area contributed by atoms with Gasteiger partial charge in [0.1, 0.15) is 11.5 Å². The number of aromatic nitrogens is 1. The van der Waals surface area contributed by atoms with Crippen LogP contribution >= 0.6 is 0 Å². The van der Waals surface area contributed by atoms with E-state index in [1.807, 2.05) is 19.9 Å². The number of esters is 1. The third-order valence-corrected chi connectivity index (χ3v) is 7.63. The summed E-state index contributed by atoms with van der Waals surface area (Å²) in [5.74, 6) is -1.92. The Balaban J connectivity index is 1.59. The number of pyridine rings is 1. The Bertz CT molecular complexity index is 1180. The van der Waals surface area contributed by atoms with E-state index in [1.54, 1.807) is 18.2 Å². The summed E-state index contributed by atoms with van der Waals surface area (Å²) < 4.78 is 33.6. The molecule has 0 radical (unpaired) electrons. The van der Waals surface area contributed by atoms with Gasteiger partial charge in [-0.05, 0) is 61.9 Å². The number of aryl methyl sites for hydroxylation is 1. The number of rotatable bonds is 12. The molecule has 10 heteroatoms. The molecule has 3 N–H and O–H groups in total. The predicted molar refractivity (Wildman–Crippen MR) is 135 cm³/mol. The van der Waals surface area contributed by atoms with Gasteiger partial charge in [-0.25, -0.2) is 4.98 Å². The van der Waals surface area contributed by atoms with E-state index in [1.165, 1.54) is 12.1 Å². The molecule has 1 aromatic carbocycles. The van der Waals surface area contributed by atoms with Crippen LogP contribution in [0.5, 0.6) is 0 Å². The Labute approximate surface area is 211 Å². The number of anilines is 1. The van der Waals surface area contributed by atoms with Crippen LogP contribution in [-0.2, 0) is 30.8 Å². The Morgan fingerprint density at radius 2 is 1.89 bits per heavy atom. The predicted octanol–water partition coefficient (Wildman–Crippen LogP) is 3.78. The van der Waals surface area contributed by atoms with Gasteiger partial charge in [0.2, 0.25) is 5.91 Å². The monoisotopic (exact) mass is 515 g/mol. The number of nitrogens with zero attached hydrogens (tertiary/aromatic N) is 1. The molecule has 1 aliphatic rings. The zero-order valence-electron chi connectivity index (χ0n) is 20.7. The zero-order valence-corrected chi connectivity index (χ0v) is 21.5. The quantitative estimate of drug-likeness (QED) is 0.323. The molecular weight excluding hydrogens is 482 g/mol. The maximum atomic E-state index is 12.8. The molecule has 3 rings (SSSR count). The summed E-state index contributed by atoms with van der Waals surface area (Å²) in [7, 11) is -3.96. The van der Waals surface area contributed by atoms with Crippen LogP contribution in [0.1, 0.15) is 74.7 Å². The van der Waals surface area contributed by atoms with Crippen LogP contribution in [-0.4, -0.2) is 36.7 Å². The van der Waals surface area contributed by atoms with Gasteiger partial charge in [-0.2, -0.15) is 8.42 Å². The van der Waals surface area contributed by atoms with E-state index in [9.17, 15) is 22.8 Å². The molecule has 0 saturated carbocycles. The van der Waals surface area contributed by atoms with Gasteiger partial charge in [0.15, 0.2) is 10.8 Å². The van der Waals surface area contributed by atoms with Crippen molar-refractivity contribution in [3.8, 4) is 0 Å². The summed E-state index contributed by atoms with van der Waals surface area (Å²) in [5, 5.41) is -0.241. The molecule has 0 spiro atoms. The van der Waals surface area contributed by atoms with Crippen molar-refractivity contribution in [1.82, 2.24) is 4.98 Å². The summed E-state index contributed by atoms with van der Waals surface area (Å²) in [5.41, 5.74) is 5.82. The highest BCUT2D eigenvalue weighted by molar-refractivity contribution is 7.92. The number of carbonyl (C=O) groups is 3. The molecule has 1 aromatic heterocycles. The third kappa shape index (κ3) is 6.69. The largest absolute Gasteiger partial charge is 0.458 e. The molecule has 1 atom stereocenters. The van der Waals surface area contributed by atoms with Crippen molar-refractivity contribution < 1.29 is 27.5 Å². The van der Waals surface area contributed by atoms with Crippen molar-refractivity contribution in [1.29, 1.82) is 0 Å². The summed E-state index contributed by atoms with van der Waals surface area (Å²) in [4.78, 5) is 40.5. The van der Waals surface area contributed by atoms with Gasteiger partial charge >= 0.3 is 5.97 Å². The standard InChI is InChI=1S/C26H33N3O6S/c1-3-13-26(14-4-2)16-22(30)21(25(32)35-26)10-6-8-18-7-5-9-20(15-18)29-36(33,34)23-12-11-19(17-28-23)24(27)31/h5,7,9,11-12,15,17,21,29H,3-4,6,8,10,13-14,16H2,1-2H3,(H2,27,31). The maximum Gasteiger partial charge on any atom is 0.317 e. The highest BCUT2D eigenvalue weighted by atomic mass is 32.2. The number of hydrogen-bond donors (Lipinski definition) is 2. The van der Waals surface area contributed by atoms with Crippen molar-refractivity contribution in [2.75, 3.05) is 4.72 Å². The first kappa shape index (κ1) is 27.3. The SMILES string of the molecule is CCCC1(CCC)CC(=O)C(CCCc2cccc(NS(=O)(=O)c3ccc(C(N)=O)cn3)c2)C(=O)O1. The zero-order chi connectivity index (χ0) is 26.3. The number of hydrogen-bond acceptors (Lipinski definition) is 7. The third-order valence-electron chi connectivity index (χ3n) is 6.33. The van der Waals surface area contributed by atoms with Gasteiger partial charge < -0.3 is 10.5 Å². The van der Waals surface area contributed by atoms with Crippen LogP contribution in [0, 0.1) is 5.92 Å². The van der Waals surface area contributed by atoms with Crippen LogP contribution in [0.4, 0.5) is 5.69 Å². The molecule has 194 valence electrons. The van der Waals surface area contributed by atoms with Gasteiger partial charge in [-0.3, -0.25) is 19.1 Å². The Kier molecular flexibility index (Phi) is 8.84. The second-order valence-electron chi connectivity index (χ2n) is 9.25. The van der Waals surface area contributed by atoms with Gasteiger partial charge in [-0.15, -0.1) is 0 Å². The minimum Gasteiger partial charge on any atom is -0.458 e. The number of amides is 1. The molecule has 0 aliphatic carbocycles. The number of nitrogens with one attached hydrogen (secondary N) is 1. The number of carbonyl (C=O) groups excluding carboxylic acids is 3. The van der Waals surface area contributed by atoms with Gasteiger partial charge in [0, 0.05) is 18.3 Å². The molecule has 0 bridgehead atoms. The summed E-state index contributed by atoms with van der Waals surface area (Å²) in [6.07, 6.45) is 5.99. The van der Waals surface area contributed by atoms with Crippen LogP contribution in [0.25, 0.3) is 0 Å². The van der Waals surface area contributed by atoms with E-state index in [-0.39, 0.29) is 22.8 Å². The summed E-state index contributed by atoms with van der Waals surface area (Å²) >= 11 is 0. The first-order valence-corrected chi connectivity index (χ1v) is 13.7. The lowest BCUT2D eigenvalue weighted by Gasteiger charge is -2.38. The van der Waals surface area contributed by atoms with E-state index in [0.29, 0.717) is 37.8 Å². The molecular formula is C26H33N3O6S. The Morgan fingerprint density at radius 3 is 2.47 bits per heavy atom. The molecule has 2 aromatic rings. The van der Waals surface area contributed by atoms with Gasteiger partial charge in [-0.1, -0.05) is 38.8 Å². The van der Waals surface area contributed by atoms with Gasteiger partial charge in [0.05, 0.1) is 5.56 Å². The van der Waals surface area contributed by atoms with Crippen LogP contribution < -0.4 is 10.5 Å². The molecule has 1 saturated heterocycles. The minimum absolute atomic E-state index is 0.0514. The van der Waals surface area contributed by atoms with Crippen molar-refractivity contribution in [2.24, 2.45) is 11.7 Å². The normalized spacial score (nSPS) is 17.4. The van der Waals surface area contributed by atoms with Crippen molar-refractivity contribution in [3.63, 3.8) is 0 Å². The Hall–Kier alpha value is -3.27. The number of Topliss-reactive ketones (excluding diaryl/α,β-unsaturated/α-hetero) is 1. The first-order valence-electron chi connectivity index (χ1n) is 12.2. The number of benzene rings is 1. The molecule has 1 amide bonds. The average molecular weight is 516 g/mol. The van der Waals surface area contributed by atoms with Crippen LogP contribution in [0.15, 0.2) is 47.6 Å². The van der Waals surface area contributed by atoms with Crippen LogP contribution in [0.3, 0.4) is 0 Å². The summed E-state index contributed by atoms with van der Waals surface area (Å²) in [6.45, 7) is 4.04. The van der Waals surface area contributed by atoms with Crippen molar-refractivity contribution in [2.45, 2.75) is 75.8 Å². The smallest absolute Gasteiger partial charge is 0.317 e. The van der Waals surface area contributed by atoms with E-state index in [4.69, 9.17) is 10.5 Å². The van der Waals surface area contributed by atoms with E-state index in [0.717, 1.165) is 24.6 Å². The highest BCUT2D eigenvalue weighted by Gasteiger charge is 2.45. The fourth-order valence-corrected chi connectivity index (χ4v) is 5.66. The van der Waals surface area contributed by atoms with Gasteiger partial charge in [0.25, 0.3) is 10.0 Å². The maximum absolute atomic E-state index is 12.8. The number of ether oxygens (including phenoxy) is 1. The second kappa shape index (κ2) is 11.6. The van der Waals surface area contributed by atoms with Crippen LogP contribution in [0.2, 0.25) is 0 Å². The topological polar surface area (TPSA) is 146 Å². The molecule has 1 unspecified atom stereocenters. The number of sulfonamides is 1. The summed E-state index contributed by atoms with van der Waals surface area (Å²) in [6, 6.07) is 9.40. The van der Waals surface area contributed by atoms with E-state index < -0.39 is 33.4 Å². The van der Waals surface area contributed by atoms with Crippen molar-refractivity contribution in [3.05, 3.63) is 53.7 Å². The Morgan fingerprint density at radius 1 is 1.17 bits per heavy atom. The first-order chi connectivity index (χ1) is 17.1. The van der Waals surface area contributed by atoms with E-state index in [2.05, 4.69) is 9.71 Å². The minimum atomic E-state index is -3.96. The number of ketones is 1. The molecule has 9 nitrogen and oxygen atoms in total. The highest BCUT2D eigenvalue weighted by Crippen LogP contribution is 2.36.